The molecule has 2 rings (SSSR count). The van der Waals surface area contributed by atoms with E-state index >= 15 is 0 Å². The molecule has 1 unspecified atom stereocenters. The molecular weight excluding hydrogens is 210 g/mol. The van der Waals surface area contributed by atoms with E-state index in [1.807, 2.05) is 48.5 Å². The highest BCUT2D eigenvalue weighted by atomic mass is 16.3. The summed E-state index contributed by atoms with van der Waals surface area (Å²) in [4.78, 5) is 0. The Morgan fingerprint density at radius 2 is 1.47 bits per heavy atom. The van der Waals surface area contributed by atoms with Gasteiger partial charge in [-0.1, -0.05) is 48.5 Å². The van der Waals surface area contributed by atoms with E-state index in [2.05, 4.69) is 17.4 Å². The molecule has 17 heavy (non-hydrogen) atoms. The molecule has 0 radical (unpaired) electrons. The van der Waals surface area contributed by atoms with Crippen LogP contribution in [0.4, 0.5) is 5.69 Å². The lowest BCUT2D eigenvalue weighted by Crippen LogP contribution is -2.26. The summed E-state index contributed by atoms with van der Waals surface area (Å²) >= 11 is 0. The van der Waals surface area contributed by atoms with E-state index in [0.717, 1.165) is 12.1 Å². The van der Waals surface area contributed by atoms with Gasteiger partial charge in [0.1, 0.15) is 0 Å². The number of hydrogen-bond donors (Lipinski definition) is 2. The molecule has 2 nitrogen and oxygen atoms in total. The molecule has 0 saturated carbocycles. The molecule has 88 valence electrons. The van der Waals surface area contributed by atoms with Gasteiger partial charge < -0.3 is 10.4 Å². The van der Waals surface area contributed by atoms with Crippen LogP contribution in [-0.2, 0) is 6.42 Å². The average molecular weight is 227 g/mol. The molecule has 0 amide bonds. The van der Waals surface area contributed by atoms with Crippen LogP contribution < -0.4 is 5.32 Å². The molecule has 2 N–H and O–H groups in total. The largest absolute Gasteiger partial charge is 0.394 e. The monoisotopic (exact) mass is 227 g/mol. The van der Waals surface area contributed by atoms with Crippen LogP contribution in [0, 0.1) is 0 Å². The summed E-state index contributed by atoms with van der Waals surface area (Å²) in [5, 5.41) is 12.7. The molecule has 0 spiro atoms. The quantitative estimate of drug-likeness (QED) is 0.823. The van der Waals surface area contributed by atoms with Crippen molar-refractivity contribution in [3.05, 3.63) is 66.2 Å². The topological polar surface area (TPSA) is 32.3 Å². The van der Waals surface area contributed by atoms with E-state index < -0.39 is 0 Å². The van der Waals surface area contributed by atoms with E-state index in [0.29, 0.717) is 0 Å². The summed E-state index contributed by atoms with van der Waals surface area (Å²) in [6.07, 6.45) is 0.826. The second kappa shape index (κ2) is 6.06. The Labute approximate surface area is 102 Å². The minimum atomic E-state index is 0.0554. The molecule has 0 fully saturated rings. The molecule has 0 bridgehead atoms. The van der Waals surface area contributed by atoms with Gasteiger partial charge in [0.15, 0.2) is 0 Å². The van der Waals surface area contributed by atoms with Crippen molar-refractivity contribution in [1.82, 2.24) is 0 Å². The molecule has 0 aromatic heterocycles. The first kappa shape index (κ1) is 11.7. The van der Waals surface area contributed by atoms with Crippen LogP contribution in [0.25, 0.3) is 0 Å². The van der Waals surface area contributed by atoms with Crippen LogP contribution >= 0.6 is 0 Å². The first-order valence-corrected chi connectivity index (χ1v) is 5.85. The Hall–Kier alpha value is -1.80. The SMILES string of the molecule is OCC(Cc1ccccc1)Nc1ccccc1. The fraction of sp³-hybridized carbons (Fsp3) is 0.200. The summed E-state index contributed by atoms with van der Waals surface area (Å²) in [6.45, 7) is 0.129. The van der Waals surface area contributed by atoms with E-state index in [4.69, 9.17) is 0 Å². The van der Waals surface area contributed by atoms with Crippen molar-refractivity contribution >= 4 is 5.69 Å². The molecule has 0 aliphatic heterocycles. The van der Waals surface area contributed by atoms with Crippen LogP contribution in [0.15, 0.2) is 60.7 Å². The maximum Gasteiger partial charge on any atom is 0.0636 e. The second-order valence-corrected chi connectivity index (χ2v) is 4.08. The molecular formula is C15H17NO. The Morgan fingerprint density at radius 3 is 2.06 bits per heavy atom. The number of hydrogen-bond acceptors (Lipinski definition) is 2. The van der Waals surface area contributed by atoms with Gasteiger partial charge in [-0.05, 0) is 24.1 Å². The van der Waals surface area contributed by atoms with Crippen LogP contribution in [0.3, 0.4) is 0 Å². The minimum Gasteiger partial charge on any atom is -0.394 e. The molecule has 0 heterocycles. The average Bonchev–Trinajstić information content (AvgIpc) is 2.40. The van der Waals surface area contributed by atoms with Crippen molar-refractivity contribution in [1.29, 1.82) is 0 Å². The number of aliphatic hydroxyl groups is 1. The van der Waals surface area contributed by atoms with Gasteiger partial charge in [0.05, 0.1) is 12.6 Å². The maximum absolute atomic E-state index is 9.39. The first-order valence-electron chi connectivity index (χ1n) is 5.85. The summed E-state index contributed by atoms with van der Waals surface area (Å²) in [7, 11) is 0. The predicted molar refractivity (Wildman–Crippen MR) is 71.1 cm³/mol. The van der Waals surface area contributed by atoms with Gasteiger partial charge in [-0.2, -0.15) is 0 Å². The van der Waals surface area contributed by atoms with Gasteiger partial charge in [-0.25, -0.2) is 0 Å². The molecule has 2 heteroatoms. The normalized spacial score (nSPS) is 12.1. The molecule has 0 saturated heterocycles. The Bertz CT molecular complexity index is 386. The van der Waals surface area contributed by atoms with Gasteiger partial charge in [-0.15, -0.1) is 0 Å². The van der Waals surface area contributed by atoms with E-state index in [-0.39, 0.29) is 12.6 Å². The summed E-state index contributed by atoms with van der Waals surface area (Å²) in [5.74, 6) is 0. The zero-order valence-corrected chi connectivity index (χ0v) is 9.71. The highest BCUT2D eigenvalue weighted by Gasteiger charge is 2.07. The van der Waals surface area contributed by atoms with Crippen molar-refractivity contribution in [2.24, 2.45) is 0 Å². The Kier molecular flexibility index (Phi) is 4.17. The smallest absolute Gasteiger partial charge is 0.0636 e. The van der Waals surface area contributed by atoms with E-state index in [9.17, 15) is 5.11 Å². The van der Waals surface area contributed by atoms with Crippen molar-refractivity contribution in [3.8, 4) is 0 Å². The zero-order chi connectivity index (χ0) is 11.9. The Morgan fingerprint density at radius 1 is 0.882 bits per heavy atom. The number of benzene rings is 2. The predicted octanol–water partition coefficient (Wildman–Crippen LogP) is 2.70. The van der Waals surface area contributed by atoms with Gasteiger partial charge in [0.25, 0.3) is 0 Å². The van der Waals surface area contributed by atoms with Crippen LogP contribution in [0.1, 0.15) is 5.56 Å². The minimum absolute atomic E-state index is 0.0554. The third-order valence-corrected chi connectivity index (χ3v) is 2.69. The number of nitrogens with one attached hydrogen (secondary N) is 1. The highest BCUT2D eigenvalue weighted by Crippen LogP contribution is 2.10. The van der Waals surface area contributed by atoms with Gasteiger partial charge in [0.2, 0.25) is 0 Å². The van der Waals surface area contributed by atoms with Gasteiger partial charge in [0, 0.05) is 5.69 Å². The van der Waals surface area contributed by atoms with E-state index in [1.54, 1.807) is 0 Å². The molecule has 2 aromatic carbocycles. The second-order valence-electron chi connectivity index (χ2n) is 4.08. The molecule has 2 aromatic rings. The molecule has 1 atom stereocenters. The maximum atomic E-state index is 9.39. The number of rotatable bonds is 5. The number of aliphatic hydroxyl groups excluding tert-OH is 1. The summed E-state index contributed by atoms with van der Waals surface area (Å²) in [5.41, 5.74) is 2.28. The zero-order valence-electron chi connectivity index (χ0n) is 9.71. The molecule has 0 aliphatic carbocycles. The lowest BCUT2D eigenvalue weighted by molar-refractivity contribution is 0.273. The van der Waals surface area contributed by atoms with Crippen molar-refractivity contribution in [2.75, 3.05) is 11.9 Å². The van der Waals surface area contributed by atoms with Gasteiger partial charge >= 0.3 is 0 Å². The van der Waals surface area contributed by atoms with Gasteiger partial charge in [-0.3, -0.25) is 0 Å². The lowest BCUT2D eigenvalue weighted by atomic mass is 10.1. The van der Waals surface area contributed by atoms with E-state index in [1.165, 1.54) is 5.56 Å². The van der Waals surface area contributed by atoms with Crippen LogP contribution in [-0.4, -0.2) is 17.8 Å². The summed E-state index contributed by atoms with van der Waals surface area (Å²) in [6, 6.07) is 20.2. The van der Waals surface area contributed by atoms with Crippen molar-refractivity contribution in [2.45, 2.75) is 12.5 Å². The highest BCUT2D eigenvalue weighted by molar-refractivity contribution is 5.43. The number of anilines is 1. The van der Waals surface area contributed by atoms with Crippen molar-refractivity contribution < 1.29 is 5.11 Å². The third-order valence-electron chi connectivity index (χ3n) is 2.69. The van der Waals surface area contributed by atoms with Crippen LogP contribution in [0.2, 0.25) is 0 Å². The number of para-hydroxylation sites is 1. The third kappa shape index (κ3) is 3.61. The lowest BCUT2D eigenvalue weighted by Gasteiger charge is -2.17. The summed E-state index contributed by atoms with van der Waals surface area (Å²) < 4.78 is 0. The van der Waals surface area contributed by atoms with Crippen LogP contribution in [0.5, 0.6) is 0 Å². The van der Waals surface area contributed by atoms with Crippen molar-refractivity contribution in [3.63, 3.8) is 0 Å². The Balaban J connectivity index is 1.98. The fourth-order valence-corrected chi connectivity index (χ4v) is 1.83. The standard InChI is InChI=1S/C15H17NO/c17-12-15(11-13-7-3-1-4-8-13)16-14-9-5-2-6-10-14/h1-10,15-17H,11-12H2. The molecule has 0 aliphatic rings. The first-order chi connectivity index (χ1) is 8.38. The fourth-order valence-electron chi connectivity index (χ4n) is 1.83.